The normalized spacial score (nSPS) is 40.2. The fourth-order valence-electron chi connectivity index (χ4n) is 10.3. The van der Waals surface area contributed by atoms with Crippen LogP contribution >= 0.6 is 0 Å². The third-order valence-corrected chi connectivity index (χ3v) is 13.0. The van der Waals surface area contributed by atoms with Crippen molar-refractivity contribution in [1.29, 1.82) is 0 Å². The second-order valence-electron chi connectivity index (χ2n) is 14.7. The molecule has 1 aromatic heterocycles. The summed E-state index contributed by atoms with van der Waals surface area (Å²) in [4.78, 5) is 42.7. The van der Waals surface area contributed by atoms with Crippen LogP contribution < -0.4 is 10.9 Å². The molecule has 42 heavy (non-hydrogen) atoms. The van der Waals surface area contributed by atoms with Gasteiger partial charge in [-0.2, -0.15) is 0 Å². The summed E-state index contributed by atoms with van der Waals surface area (Å²) >= 11 is 0. The zero-order valence-electron chi connectivity index (χ0n) is 25.9. The van der Waals surface area contributed by atoms with Gasteiger partial charge in [-0.1, -0.05) is 13.8 Å². The molecule has 1 aromatic rings. The van der Waals surface area contributed by atoms with E-state index in [1.54, 1.807) is 6.26 Å². The molecule has 1 saturated heterocycles. The van der Waals surface area contributed by atoms with Crippen LogP contribution in [0.4, 0.5) is 4.79 Å². The summed E-state index contributed by atoms with van der Waals surface area (Å²) < 4.78 is 5.24. The van der Waals surface area contributed by atoms with E-state index in [1.807, 2.05) is 34.9 Å². The van der Waals surface area contributed by atoms with Gasteiger partial charge >= 0.3 is 11.7 Å². The topological polar surface area (TPSA) is 106 Å². The molecule has 5 fully saturated rings. The first kappa shape index (κ1) is 29.7. The Hall–Kier alpha value is -2.39. The largest absolute Gasteiger partial charge is 0.431 e. The van der Waals surface area contributed by atoms with E-state index in [2.05, 4.69) is 19.2 Å². The standard InChI is InChI=1S/C33H50N4O5/c1-31-12-9-24(36(4)30(40)34-15-16-37-18-17-35(3)20-28(37)38)19-23(31)6-7-27-26(31)10-13-32(2)25(11-14-33(27,32)41)22-5-8-29(39)42-21-22/h5,8,21,23-27,41H,6-7,9-20H2,1-4H3,(H,34,40)/t23-,24+,25-,26+,27-,31+,32-,33+/m1/s1. The van der Waals surface area contributed by atoms with Crippen LogP contribution in [0.2, 0.25) is 0 Å². The van der Waals surface area contributed by atoms with Crippen molar-refractivity contribution in [2.75, 3.05) is 46.8 Å². The van der Waals surface area contributed by atoms with Gasteiger partial charge in [-0.15, -0.1) is 0 Å². The summed E-state index contributed by atoms with van der Waals surface area (Å²) in [6.07, 6.45) is 10.7. The highest BCUT2D eigenvalue weighted by Crippen LogP contribution is 2.70. The zero-order valence-corrected chi connectivity index (χ0v) is 25.9. The Morgan fingerprint density at radius 2 is 1.88 bits per heavy atom. The molecular weight excluding hydrogens is 532 g/mol. The predicted molar refractivity (Wildman–Crippen MR) is 160 cm³/mol. The lowest BCUT2D eigenvalue weighted by molar-refractivity contribution is -0.203. The van der Waals surface area contributed by atoms with E-state index in [9.17, 15) is 19.5 Å². The van der Waals surface area contributed by atoms with Crippen molar-refractivity contribution in [2.45, 2.75) is 89.2 Å². The maximum atomic E-state index is 13.1. The Balaban J connectivity index is 1.08. The van der Waals surface area contributed by atoms with Gasteiger partial charge in [0.25, 0.3) is 0 Å². The molecule has 9 nitrogen and oxygen atoms in total. The SMILES string of the molecule is CN1CCN(CCNC(=O)N(C)[C@H]2CC[C@@]3(C)[C@H](CC[C@@H]4[C@@H]3CC[C@]3(C)[C@@H](c5ccc(=O)oc5)CC[C@]43O)C2)C(=O)C1. The summed E-state index contributed by atoms with van der Waals surface area (Å²) in [5, 5.41) is 15.6. The van der Waals surface area contributed by atoms with Crippen molar-refractivity contribution in [3.63, 3.8) is 0 Å². The summed E-state index contributed by atoms with van der Waals surface area (Å²) in [5.74, 6) is 1.65. The molecule has 1 aliphatic heterocycles. The molecular formula is C33H50N4O5. The number of carbonyl (C=O) groups excluding carboxylic acids is 2. The molecule has 0 bridgehead atoms. The fourth-order valence-corrected chi connectivity index (χ4v) is 10.3. The zero-order chi connectivity index (χ0) is 29.9. The van der Waals surface area contributed by atoms with Crippen molar-refractivity contribution in [1.82, 2.24) is 20.0 Å². The monoisotopic (exact) mass is 582 g/mol. The maximum Gasteiger partial charge on any atom is 0.335 e. The van der Waals surface area contributed by atoms with Gasteiger partial charge in [0.2, 0.25) is 5.91 Å². The van der Waals surface area contributed by atoms with E-state index in [0.717, 1.165) is 69.9 Å². The van der Waals surface area contributed by atoms with Crippen LogP contribution in [0.25, 0.3) is 0 Å². The van der Waals surface area contributed by atoms with Crippen LogP contribution in [0.15, 0.2) is 27.6 Å². The molecule has 5 aliphatic rings. The minimum atomic E-state index is -0.705. The number of amides is 3. The van der Waals surface area contributed by atoms with Crippen LogP contribution in [0, 0.1) is 28.6 Å². The minimum Gasteiger partial charge on any atom is -0.431 e. The first-order chi connectivity index (χ1) is 20.0. The van der Waals surface area contributed by atoms with E-state index >= 15 is 0 Å². The highest BCUT2D eigenvalue weighted by molar-refractivity contribution is 5.79. The number of fused-ring (bicyclic) bond motifs is 5. The van der Waals surface area contributed by atoms with Crippen LogP contribution in [0.5, 0.6) is 0 Å². The van der Waals surface area contributed by atoms with E-state index in [1.165, 1.54) is 6.07 Å². The molecule has 0 aromatic carbocycles. The van der Waals surface area contributed by atoms with Crippen molar-refractivity contribution < 1.29 is 19.1 Å². The summed E-state index contributed by atoms with van der Waals surface area (Å²) in [6.45, 7) is 7.82. The second kappa shape index (κ2) is 11.0. The average molecular weight is 583 g/mol. The Morgan fingerprint density at radius 1 is 1.07 bits per heavy atom. The highest BCUT2D eigenvalue weighted by atomic mass is 16.4. The number of urea groups is 1. The minimum absolute atomic E-state index is 0.0460. The van der Waals surface area contributed by atoms with Gasteiger partial charge < -0.3 is 24.6 Å². The highest BCUT2D eigenvalue weighted by Gasteiger charge is 2.67. The Kier molecular flexibility index (Phi) is 7.74. The lowest BCUT2D eigenvalue weighted by Crippen LogP contribution is -2.62. The van der Waals surface area contributed by atoms with Gasteiger partial charge in [0.05, 0.1) is 18.4 Å². The molecule has 8 atom stereocenters. The van der Waals surface area contributed by atoms with Crippen LogP contribution in [-0.4, -0.2) is 90.2 Å². The molecule has 4 aliphatic carbocycles. The molecule has 9 heteroatoms. The molecule has 0 spiro atoms. The number of aliphatic hydroxyl groups is 1. The van der Waals surface area contributed by atoms with Crippen LogP contribution in [-0.2, 0) is 4.79 Å². The molecule has 0 radical (unpaired) electrons. The third-order valence-electron chi connectivity index (χ3n) is 13.0. The van der Waals surface area contributed by atoms with Crippen molar-refractivity contribution in [3.05, 3.63) is 34.4 Å². The van der Waals surface area contributed by atoms with Crippen molar-refractivity contribution >= 4 is 11.9 Å². The van der Waals surface area contributed by atoms with Crippen LogP contribution in [0.1, 0.15) is 83.1 Å². The summed E-state index contributed by atoms with van der Waals surface area (Å²) in [5.41, 5.74) is -0.0331. The number of piperazine rings is 1. The van der Waals surface area contributed by atoms with E-state index in [-0.39, 0.29) is 46.3 Å². The predicted octanol–water partition coefficient (Wildman–Crippen LogP) is 3.67. The third kappa shape index (κ3) is 4.79. The lowest BCUT2D eigenvalue weighted by atomic mass is 9.43. The molecule has 232 valence electrons. The average Bonchev–Trinajstić information content (AvgIpc) is 3.24. The number of nitrogens with one attached hydrogen (secondary N) is 1. The maximum absolute atomic E-state index is 13.1. The molecule has 3 amide bonds. The van der Waals surface area contributed by atoms with Crippen LogP contribution in [0.3, 0.4) is 0 Å². The molecule has 6 rings (SSSR count). The number of hydrogen-bond donors (Lipinski definition) is 2. The summed E-state index contributed by atoms with van der Waals surface area (Å²) in [7, 11) is 3.88. The molecule has 4 saturated carbocycles. The van der Waals surface area contributed by atoms with E-state index < -0.39 is 5.60 Å². The fraction of sp³-hybridized carbons (Fsp3) is 0.788. The molecule has 0 unspecified atom stereocenters. The van der Waals surface area contributed by atoms with E-state index in [0.29, 0.717) is 38.0 Å². The Morgan fingerprint density at radius 3 is 2.62 bits per heavy atom. The lowest BCUT2D eigenvalue weighted by Gasteiger charge is -2.64. The molecule has 2 N–H and O–H groups in total. The number of likely N-dealkylation sites (N-methyl/N-ethyl adjacent to an activating group) is 1. The first-order valence-corrected chi connectivity index (χ1v) is 16.2. The van der Waals surface area contributed by atoms with Gasteiger partial charge in [0, 0.05) is 50.7 Å². The van der Waals surface area contributed by atoms with E-state index in [4.69, 9.17) is 4.42 Å². The Labute approximate surface area is 250 Å². The molecule has 2 heterocycles. The van der Waals surface area contributed by atoms with Crippen molar-refractivity contribution in [2.24, 2.45) is 28.6 Å². The van der Waals surface area contributed by atoms with Gasteiger partial charge in [0.15, 0.2) is 0 Å². The van der Waals surface area contributed by atoms with Gasteiger partial charge in [-0.3, -0.25) is 9.69 Å². The number of rotatable bonds is 5. The first-order valence-electron chi connectivity index (χ1n) is 16.2. The van der Waals surface area contributed by atoms with Crippen molar-refractivity contribution in [3.8, 4) is 0 Å². The summed E-state index contributed by atoms with van der Waals surface area (Å²) in [6, 6.07) is 3.58. The van der Waals surface area contributed by atoms with Gasteiger partial charge in [-0.05, 0) is 106 Å². The smallest absolute Gasteiger partial charge is 0.335 e. The van der Waals surface area contributed by atoms with Gasteiger partial charge in [-0.25, -0.2) is 9.59 Å². The second-order valence-corrected chi connectivity index (χ2v) is 14.7. The number of nitrogens with zero attached hydrogens (tertiary/aromatic N) is 3. The Bertz CT molecular complexity index is 1230. The quantitative estimate of drug-likeness (QED) is 0.549. The number of hydrogen-bond acceptors (Lipinski definition) is 6. The van der Waals surface area contributed by atoms with Gasteiger partial charge in [0.1, 0.15) is 0 Å². The number of carbonyl (C=O) groups is 2.